The van der Waals surface area contributed by atoms with Gasteiger partial charge in [-0.25, -0.2) is 4.98 Å². The lowest BCUT2D eigenvalue weighted by atomic mass is 10.1. The Bertz CT molecular complexity index is 1510. The zero-order valence-electron chi connectivity index (χ0n) is 24.3. The number of hydrogen-bond donors (Lipinski definition) is 1. The molecule has 5 rings (SSSR count). The summed E-state index contributed by atoms with van der Waals surface area (Å²) in [6.07, 6.45) is 1.36. The molecule has 2 aromatic heterocycles. The number of nitrogens with zero attached hydrogens (tertiary/aromatic N) is 7. The number of amides is 1. The highest BCUT2D eigenvalue weighted by Crippen LogP contribution is 2.31. The van der Waals surface area contributed by atoms with Crippen LogP contribution in [0.4, 0.5) is 17.5 Å². The summed E-state index contributed by atoms with van der Waals surface area (Å²) >= 11 is 0. The molecule has 0 unspecified atom stereocenters. The Morgan fingerprint density at radius 1 is 1.07 bits per heavy atom. The summed E-state index contributed by atoms with van der Waals surface area (Å²) in [5.41, 5.74) is 10.5. The molecule has 2 aliphatic rings. The highest BCUT2D eigenvalue weighted by molar-refractivity contribution is 5.91. The van der Waals surface area contributed by atoms with E-state index >= 15 is 0 Å². The standard InChI is InChI=1S/C30H40N8O2/c1-7-25(39)35-12-14-36(15-13-35)28-23-16-20(5)38(27-19(4)10-11-24(31)21(27)6)29(40)26(23)32-30(33-28)37-17-22(18-37)34(8-2)9-3/h7,10-11,16,22H,1,8-9,12-15,17-18,31H2,2-6H3. The fourth-order valence-electron chi connectivity index (χ4n) is 5.99. The van der Waals surface area contributed by atoms with Crippen molar-refractivity contribution in [1.29, 1.82) is 0 Å². The van der Waals surface area contributed by atoms with E-state index in [2.05, 4.69) is 35.1 Å². The fraction of sp³-hybridized carbons (Fsp3) is 0.467. The van der Waals surface area contributed by atoms with Gasteiger partial charge in [0.1, 0.15) is 11.3 Å². The van der Waals surface area contributed by atoms with Crippen LogP contribution in [0.3, 0.4) is 0 Å². The summed E-state index contributed by atoms with van der Waals surface area (Å²) in [5.74, 6) is 1.25. The van der Waals surface area contributed by atoms with E-state index in [1.54, 1.807) is 9.47 Å². The van der Waals surface area contributed by atoms with Crippen molar-refractivity contribution < 1.29 is 4.79 Å². The van der Waals surface area contributed by atoms with Gasteiger partial charge >= 0.3 is 0 Å². The molecule has 0 spiro atoms. The second-order valence-corrected chi connectivity index (χ2v) is 10.8. The summed E-state index contributed by atoms with van der Waals surface area (Å²) < 4.78 is 1.74. The first kappa shape index (κ1) is 27.6. The van der Waals surface area contributed by atoms with Gasteiger partial charge in [-0.05, 0) is 63.2 Å². The number of aryl methyl sites for hydroxylation is 2. The van der Waals surface area contributed by atoms with Gasteiger partial charge < -0.3 is 20.4 Å². The molecule has 2 aliphatic heterocycles. The number of piperazine rings is 1. The van der Waals surface area contributed by atoms with Crippen LogP contribution in [0.25, 0.3) is 16.6 Å². The predicted octanol–water partition coefficient (Wildman–Crippen LogP) is 2.65. The molecule has 212 valence electrons. The maximum Gasteiger partial charge on any atom is 0.282 e. The molecule has 1 amide bonds. The van der Waals surface area contributed by atoms with Crippen molar-refractivity contribution in [3.63, 3.8) is 0 Å². The van der Waals surface area contributed by atoms with Crippen LogP contribution in [-0.4, -0.2) is 88.6 Å². The van der Waals surface area contributed by atoms with E-state index < -0.39 is 0 Å². The highest BCUT2D eigenvalue weighted by atomic mass is 16.2. The van der Waals surface area contributed by atoms with E-state index in [9.17, 15) is 9.59 Å². The quantitative estimate of drug-likeness (QED) is 0.358. The van der Waals surface area contributed by atoms with Crippen molar-refractivity contribution in [2.24, 2.45) is 0 Å². The number of carbonyl (C=O) groups excluding carboxylic acids is 1. The number of nitrogen functional groups attached to an aromatic ring is 1. The molecular weight excluding hydrogens is 504 g/mol. The minimum atomic E-state index is -0.182. The second-order valence-electron chi connectivity index (χ2n) is 10.8. The van der Waals surface area contributed by atoms with E-state index in [1.165, 1.54) is 6.08 Å². The normalized spacial score (nSPS) is 16.1. The molecule has 40 heavy (non-hydrogen) atoms. The summed E-state index contributed by atoms with van der Waals surface area (Å²) in [6, 6.07) is 6.27. The van der Waals surface area contributed by atoms with Gasteiger partial charge in [0.15, 0.2) is 0 Å². The molecule has 0 saturated carbocycles. The number of anilines is 3. The van der Waals surface area contributed by atoms with Crippen LogP contribution < -0.4 is 21.1 Å². The first-order valence-corrected chi connectivity index (χ1v) is 14.1. The van der Waals surface area contributed by atoms with Crippen molar-refractivity contribution in [2.45, 2.75) is 40.7 Å². The van der Waals surface area contributed by atoms with Gasteiger partial charge in [-0.15, -0.1) is 0 Å². The Labute approximate surface area is 235 Å². The lowest BCUT2D eigenvalue weighted by molar-refractivity contribution is -0.126. The van der Waals surface area contributed by atoms with Crippen molar-refractivity contribution in [3.05, 3.63) is 58.0 Å². The second kappa shape index (κ2) is 10.9. The van der Waals surface area contributed by atoms with Crippen LogP contribution in [0, 0.1) is 20.8 Å². The predicted molar refractivity (Wildman–Crippen MR) is 162 cm³/mol. The molecule has 1 aromatic carbocycles. The molecule has 10 heteroatoms. The Kier molecular flexibility index (Phi) is 7.55. The molecule has 2 fully saturated rings. The number of nitrogens with two attached hydrogens (primary N) is 1. The van der Waals surface area contributed by atoms with Crippen molar-refractivity contribution in [1.82, 2.24) is 24.3 Å². The minimum absolute atomic E-state index is 0.0671. The molecular formula is C30H40N8O2. The zero-order chi connectivity index (χ0) is 28.7. The molecule has 0 aliphatic carbocycles. The molecule has 0 radical (unpaired) electrons. The van der Waals surface area contributed by atoms with Gasteiger partial charge in [0.05, 0.1) is 11.1 Å². The third-order valence-electron chi connectivity index (χ3n) is 8.46. The van der Waals surface area contributed by atoms with E-state index in [0.717, 1.165) is 59.9 Å². The van der Waals surface area contributed by atoms with E-state index in [1.807, 2.05) is 39.0 Å². The van der Waals surface area contributed by atoms with Crippen LogP contribution in [0.5, 0.6) is 0 Å². The lowest BCUT2D eigenvalue weighted by Crippen LogP contribution is -2.60. The van der Waals surface area contributed by atoms with E-state index in [-0.39, 0.29) is 11.5 Å². The van der Waals surface area contributed by atoms with Crippen LogP contribution in [0.2, 0.25) is 0 Å². The number of benzene rings is 1. The largest absolute Gasteiger partial charge is 0.398 e. The van der Waals surface area contributed by atoms with Gasteiger partial charge in [0.2, 0.25) is 11.9 Å². The van der Waals surface area contributed by atoms with Gasteiger partial charge in [0.25, 0.3) is 5.56 Å². The molecule has 0 atom stereocenters. The average molecular weight is 545 g/mol. The third-order valence-corrected chi connectivity index (χ3v) is 8.46. The van der Waals surface area contributed by atoms with Crippen LogP contribution in [0.15, 0.2) is 35.6 Å². The lowest BCUT2D eigenvalue weighted by Gasteiger charge is -2.45. The molecule has 2 saturated heterocycles. The zero-order valence-corrected chi connectivity index (χ0v) is 24.3. The van der Waals surface area contributed by atoms with Crippen molar-refractivity contribution in [3.8, 4) is 5.69 Å². The Hall–Kier alpha value is -3.92. The number of rotatable bonds is 7. The number of pyridine rings is 1. The maximum absolute atomic E-state index is 14.2. The Morgan fingerprint density at radius 2 is 1.75 bits per heavy atom. The number of aromatic nitrogens is 3. The van der Waals surface area contributed by atoms with E-state index in [0.29, 0.717) is 49.4 Å². The van der Waals surface area contributed by atoms with Gasteiger partial charge in [-0.3, -0.25) is 19.1 Å². The smallest absolute Gasteiger partial charge is 0.282 e. The molecule has 3 aromatic rings. The third kappa shape index (κ3) is 4.70. The summed E-state index contributed by atoms with van der Waals surface area (Å²) in [5, 5.41) is 0.728. The van der Waals surface area contributed by atoms with Gasteiger partial charge in [-0.1, -0.05) is 26.5 Å². The minimum Gasteiger partial charge on any atom is -0.398 e. The molecule has 10 nitrogen and oxygen atoms in total. The van der Waals surface area contributed by atoms with Crippen LogP contribution in [0.1, 0.15) is 30.7 Å². The number of hydrogen-bond acceptors (Lipinski definition) is 8. The highest BCUT2D eigenvalue weighted by Gasteiger charge is 2.34. The first-order chi connectivity index (χ1) is 19.2. The van der Waals surface area contributed by atoms with Crippen LogP contribution in [-0.2, 0) is 4.79 Å². The number of carbonyl (C=O) groups is 1. The molecule has 0 bridgehead atoms. The number of fused-ring (bicyclic) bond motifs is 1. The SMILES string of the molecule is C=CC(=O)N1CCN(c2nc(N3CC(N(CC)CC)C3)nc3c(=O)n(-c4c(C)ccc(N)c4C)c(C)cc23)CC1. The fourth-order valence-corrected chi connectivity index (χ4v) is 5.99. The van der Waals surface area contributed by atoms with Crippen molar-refractivity contribution in [2.75, 3.05) is 67.9 Å². The summed E-state index contributed by atoms with van der Waals surface area (Å²) in [6.45, 7) is 19.8. The topological polar surface area (TPSA) is 104 Å². The van der Waals surface area contributed by atoms with Crippen LogP contribution >= 0.6 is 0 Å². The molecule has 4 heterocycles. The average Bonchev–Trinajstić information content (AvgIpc) is 2.93. The Morgan fingerprint density at radius 3 is 2.38 bits per heavy atom. The number of likely N-dealkylation sites (N-methyl/N-ethyl adjacent to an activating group) is 1. The summed E-state index contributed by atoms with van der Waals surface area (Å²) in [7, 11) is 0. The molecule has 2 N–H and O–H groups in total. The Balaban J connectivity index is 1.63. The van der Waals surface area contributed by atoms with E-state index in [4.69, 9.17) is 15.7 Å². The monoisotopic (exact) mass is 544 g/mol. The van der Waals surface area contributed by atoms with Crippen molar-refractivity contribution >= 4 is 34.3 Å². The first-order valence-electron chi connectivity index (χ1n) is 14.1. The van der Waals surface area contributed by atoms with Gasteiger partial charge in [-0.2, -0.15) is 4.98 Å². The maximum atomic E-state index is 14.2. The summed E-state index contributed by atoms with van der Waals surface area (Å²) in [4.78, 5) is 44.9. The van der Waals surface area contributed by atoms with Gasteiger partial charge in [0, 0.05) is 56.7 Å².